The first kappa shape index (κ1) is 17.3. The van der Waals surface area contributed by atoms with Crippen LogP contribution in [0.25, 0.3) is 0 Å². The zero-order valence-electron chi connectivity index (χ0n) is 12.3. The van der Waals surface area contributed by atoms with Crippen molar-refractivity contribution in [1.29, 1.82) is 0 Å². The standard InChI is InChI=1S/C12H20N4O4S/c1-8(2)11-14-7-9(10(16-11)12(17)18)13-5-4-6-15-21(3,19)20/h7-8,13,15H,4-6H2,1-3H3,(H,17,18). The number of carbonyl (C=O) groups is 1. The molecule has 21 heavy (non-hydrogen) atoms. The molecule has 0 spiro atoms. The van der Waals surface area contributed by atoms with E-state index in [1.807, 2.05) is 13.8 Å². The average Bonchev–Trinajstić information content (AvgIpc) is 2.36. The molecule has 118 valence electrons. The third-order valence-corrected chi connectivity index (χ3v) is 3.29. The van der Waals surface area contributed by atoms with Gasteiger partial charge in [0.25, 0.3) is 0 Å². The van der Waals surface area contributed by atoms with Crippen molar-refractivity contribution in [2.24, 2.45) is 0 Å². The molecule has 0 unspecified atom stereocenters. The first-order valence-corrected chi connectivity index (χ1v) is 8.38. The zero-order valence-corrected chi connectivity index (χ0v) is 13.1. The summed E-state index contributed by atoms with van der Waals surface area (Å²) in [6.07, 6.45) is 3.04. The molecule has 0 radical (unpaired) electrons. The fourth-order valence-corrected chi connectivity index (χ4v) is 2.05. The van der Waals surface area contributed by atoms with Gasteiger partial charge in [0.1, 0.15) is 5.82 Å². The highest BCUT2D eigenvalue weighted by atomic mass is 32.2. The Hall–Kier alpha value is -1.74. The summed E-state index contributed by atoms with van der Waals surface area (Å²) in [5, 5.41) is 12.1. The molecule has 0 saturated carbocycles. The van der Waals surface area contributed by atoms with Crippen LogP contribution in [0.3, 0.4) is 0 Å². The predicted octanol–water partition coefficient (Wildman–Crippen LogP) is 0.649. The maximum atomic E-state index is 11.2. The SMILES string of the molecule is CC(C)c1ncc(NCCCNS(C)(=O)=O)c(C(=O)O)n1. The van der Waals surface area contributed by atoms with Crippen LogP contribution in [-0.4, -0.2) is 48.8 Å². The van der Waals surface area contributed by atoms with Gasteiger partial charge in [0.2, 0.25) is 10.0 Å². The average molecular weight is 316 g/mol. The molecule has 1 aromatic rings. The summed E-state index contributed by atoms with van der Waals surface area (Å²) < 4.78 is 24.1. The van der Waals surface area contributed by atoms with Gasteiger partial charge in [0.05, 0.1) is 18.1 Å². The molecule has 1 heterocycles. The molecule has 0 amide bonds. The van der Waals surface area contributed by atoms with E-state index >= 15 is 0 Å². The number of rotatable bonds is 8. The third kappa shape index (κ3) is 6.05. The Morgan fingerprint density at radius 1 is 1.38 bits per heavy atom. The summed E-state index contributed by atoms with van der Waals surface area (Å²) in [4.78, 5) is 19.3. The number of aromatic nitrogens is 2. The van der Waals surface area contributed by atoms with Crippen molar-refractivity contribution in [1.82, 2.24) is 14.7 Å². The third-order valence-electron chi connectivity index (χ3n) is 2.56. The highest BCUT2D eigenvalue weighted by Gasteiger charge is 2.15. The molecule has 0 aliphatic rings. The van der Waals surface area contributed by atoms with E-state index in [9.17, 15) is 13.2 Å². The van der Waals surface area contributed by atoms with E-state index < -0.39 is 16.0 Å². The topological polar surface area (TPSA) is 121 Å². The quantitative estimate of drug-likeness (QED) is 0.602. The highest BCUT2D eigenvalue weighted by Crippen LogP contribution is 2.16. The number of aromatic carboxylic acids is 1. The molecule has 0 saturated heterocycles. The van der Waals surface area contributed by atoms with E-state index in [2.05, 4.69) is 20.0 Å². The van der Waals surface area contributed by atoms with Gasteiger partial charge >= 0.3 is 5.97 Å². The Labute approximate surface area is 124 Å². The fraction of sp³-hybridized carbons (Fsp3) is 0.583. The second kappa shape index (κ2) is 7.32. The minimum atomic E-state index is -3.20. The van der Waals surface area contributed by atoms with E-state index in [1.165, 1.54) is 6.20 Å². The van der Waals surface area contributed by atoms with Gasteiger partial charge in [-0.25, -0.2) is 27.9 Å². The molecular formula is C12H20N4O4S. The van der Waals surface area contributed by atoms with Crippen LogP contribution in [0.2, 0.25) is 0 Å². The van der Waals surface area contributed by atoms with Crippen molar-refractivity contribution in [3.63, 3.8) is 0 Å². The summed E-state index contributed by atoms with van der Waals surface area (Å²) in [7, 11) is -3.20. The monoisotopic (exact) mass is 316 g/mol. The van der Waals surface area contributed by atoms with Gasteiger partial charge in [0, 0.05) is 19.0 Å². The molecule has 8 nitrogen and oxygen atoms in total. The number of hydrogen-bond acceptors (Lipinski definition) is 6. The summed E-state index contributed by atoms with van der Waals surface area (Å²) >= 11 is 0. The second-order valence-electron chi connectivity index (χ2n) is 4.90. The number of carboxylic acids is 1. The Morgan fingerprint density at radius 2 is 2.05 bits per heavy atom. The molecule has 0 atom stereocenters. The number of nitrogens with one attached hydrogen (secondary N) is 2. The van der Waals surface area contributed by atoms with E-state index in [0.29, 0.717) is 24.5 Å². The molecule has 0 aliphatic heterocycles. The van der Waals surface area contributed by atoms with Crippen LogP contribution < -0.4 is 10.0 Å². The highest BCUT2D eigenvalue weighted by molar-refractivity contribution is 7.88. The number of sulfonamides is 1. The lowest BCUT2D eigenvalue weighted by Gasteiger charge is -2.11. The maximum absolute atomic E-state index is 11.2. The van der Waals surface area contributed by atoms with Gasteiger partial charge in [-0.3, -0.25) is 0 Å². The number of carboxylic acid groups (broad SMARTS) is 1. The summed E-state index contributed by atoms with van der Waals surface area (Å²) in [6, 6.07) is 0. The molecule has 1 aromatic heterocycles. The van der Waals surface area contributed by atoms with Crippen LogP contribution in [0.15, 0.2) is 6.20 Å². The molecular weight excluding hydrogens is 296 g/mol. The van der Waals surface area contributed by atoms with Crippen LogP contribution in [0.1, 0.15) is 42.5 Å². The Morgan fingerprint density at radius 3 is 2.57 bits per heavy atom. The van der Waals surface area contributed by atoms with Gasteiger partial charge in [-0.2, -0.15) is 0 Å². The van der Waals surface area contributed by atoms with Gasteiger partial charge in [-0.1, -0.05) is 13.8 Å². The van der Waals surface area contributed by atoms with Crippen LogP contribution in [0.5, 0.6) is 0 Å². The van der Waals surface area contributed by atoms with E-state index in [4.69, 9.17) is 5.11 Å². The first-order valence-electron chi connectivity index (χ1n) is 6.49. The molecule has 0 fully saturated rings. The smallest absolute Gasteiger partial charge is 0.356 e. The van der Waals surface area contributed by atoms with Crippen LogP contribution in [0, 0.1) is 0 Å². The molecule has 0 aliphatic carbocycles. The Balaban J connectivity index is 2.64. The largest absolute Gasteiger partial charge is 0.476 e. The minimum Gasteiger partial charge on any atom is -0.476 e. The summed E-state index contributed by atoms with van der Waals surface area (Å²) in [5.41, 5.74) is 0.246. The van der Waals surface area contributed by atoms with E-state index in [-0.39, 0.29) is 18.2 Å². The minimum absolute atomic E-state index is 0.0381. The first-order chi connectivity index (χ1) is 9.70. The molecule has 0 aromatic carbocycles. The zero-order chi connectivity index (χ0) is 16.0. The summed E-state index contributed by atoms with van der Waals surface area (Å²) in [6.45, 7) is 4.45. The lowest BCUT2D eigenvalue weighted by Crippen LogP contribution is -2.24. The van der Waals surface area contributed by atoms with Crippen molar-refractivity contribution in [2.75, 3.05) is 24.7 Å². The van der Waals surface area contributed by atoms with Gasteiger partial charge < -0.3 is 10.4 Å². The number of nitrogens with zero attached hydrogens (tertiary/aromatic N) is 2. The lowest BCUT2D eigenvalue weighted by atomic mass is 10.2. The normalized spacial score (nSPS) is 11.6. The van der Waals surface area contributed by atoms with Crippen molar-refractivity contribution in [3.8, 4) is 0 Å². The number of anilines is 1. The van der Waals surface area contributed by atoms with Crippen molar-refractivity contribution in [2.45, 2.75) is 26.2 Å². The summed E-state index contributed by atoms with van der Waals surface area (Å²) in [5.74, 6) is -0.621. The van der Waals surface area contributed by atoms with Crippen LogP contribution >= 0.6 is 0 Å². The second-order valence-corrected chi connectivity index (χ2v) is 6.73. The van der Waals surface area contributed by atoms with Crippen molar-refractivity contribution in [3.05, 3.63) is 17.7 Å². The fourth-order valence-electron chi connectivity index (χ4n) is 1.54. The predicted molar refractivity (Wildman–Crippen MR) is 79.0 cm³/mol. The number of hydrogen-bond donors (Lipinski definition) is 3. The van der Waals surface area contributed by atoms with Gasteiger partial charge in [0.15, 0.2) is 5.69 Å². The van der Waals surface area contributed by atoms with Crippen molar-refractivity contribution < 1.29 is 18.3 Å². The Bertz CT molecular complexity index is 601. The van der Waals surface area contributed by atoms with Gasteiger partial charge in [-0.15, -0.1) is 0 Å². The molecule has 1 rings (SSSR count). The van der Waals surface area contributed by atoms with Crippen LogP contribution in [-0.2, 0) is 10.0 Å². The molecule has 3 N–H and O–H groups in total. The molecule has 0 bridgehead atoms. The maximum Gasteiger partial charge on any atom is 0.356 e. The van der Waals surface area contributed by atoms with Crippen LogP contribution in [0.4, 0.5) is 5.69 Å². The molecule has 9 heteroatoms. The van der Waals surface area contributed by atoms with E-state index in [1.54, 1.807) is 0 Å². The van der Waals surface area contributed by atoms with E-state index in [0.717, 1.165) is 6.26 Å². The Kier molecular flexibility index (Phi) is 6.03. The lowest BCUT2D eigenvalue weighted by molar-refractivity contribution is 0.0691. The van der Waals surface area contributed by atoms with Gasteiger partial charge in [-0.05, 0) is 6.42 Å². The van der Waals surface area contributed by atoms with Crippen molar-refractivity contribution >= 4 is 21.7 Å².